The number of hydrogen-bond acceptors (Lipinski definition) is 7. The van der Waals surface area contributed by atoms with Crippen molar-refractivity contribution in [2.45, 2.75) is 38.3 Å². The van der Waals surface area contributed by atoms with Crippen LogP contribution in [-0.2, 0) is 4.74 Å². The Morgan fingerprint density at radius 2 is 2.09 bits per heavy atom. The van der Waals surface area contributed by atoms with Gasteiger partial charge in [-0.2, -0.15) is 5.10 Å². The van der Waals surface area contributed by atoms with Gasteiger partial charge < -0.3 is 10.1 Å². The number of tetrazole rings is 1. The van der Waals surface area contributed by atoms with E-state index in [1.54, 1.807) is 35.1 Å². The topological polar surface area (TPSA) is 113 Å². The fraction of sp³-hybridized carbons (Fsp3) is 0.333. The highest BCUT2D eigenvalue weighted by Crippen LogP contribution is 2.36. The van der Waals surface area contributed by atoms with Gasteiger partial charge >= 0.3 is 0 Å². The number of aryl methyl sites for hydroxylation is 1. The lowest BCUT2D eigenvalue weighted by molar-refractivity contribution is 0.102. The Morgan fingerprint density at radius 3 is 2.89 bits per heavy atom. The van der Waals surface area contributed by atoms with Crippen LogP contribution in [0.2, 0.25) is 0 Å². The molecule has 1 N–H and O–H groups in total. The first-order chi connectivity index (χ1) is 17.1. The summed E-state index contributed by atoms with van der Waals surface area (Å²) in [5.41, 5.74) is 2.79. The highest BCUT2D eigenvalue weighted by atomic mass is 19.1. The van der Waals surface area contributed by atoms with E-state index in [9.17, 15) is 9.18 Å². The number of nitrogens with one attached hydrogen (secondary N) is 1. The summed E-state index contributed by atoms with van der Waals surface area (Å²) in [5, 5.41) is 19.1. The molecule has 1 atom stereocenters. The summed E-state index contributed by atoms with van der Waals surface area (Å²) in [4.78, 5) is 17.6. The predicted molar refractivity (Wildman–Crippen MR) is 124 cm³/mol. The highest BCUT2D eigenvalue weighted by molar-refractivity contribution is 6.05. The van der Waals surface area contributed by atoms with E-state index in [1.165, 1.54) is 6.07 Å². The SMILES string of the molecule is Cc1cc(F)c(C(=O)Nc2cccc(-c3nnnn3[C@@H]3CCOC3)n2)cc1-c1cnn(C2CC2)c1. The van der Waals surface area contributed by atoms with Crippen molar-refractivity contribution in [1.29, 1.82) is 0 Å². The van der Waals surface area contributed by atoms with Crippen LogP contribution in [0.5, 0.6) is 0 Å². The van der Waals surface area contributed by atoms with Crippen LogP contribution in [0.4, 0.5) is 10.2 Å². The number of anilines is 1. The minimum atomic E-state index is -0.598. The Bertz CT molecular complexity index is 1400. The standard InChI is InChI=1S/C24H23FN8O2/c1-14-9-20(25)19(10-18(14)15-11-26-32(12-15)16-5-6-16)24(34)28-22-4-2-3-21(27-22)23-29-30-31-33(23)17-7-8-35-13-17/h2-4,9-12,16-17H,5-8,13H2,1H3,(H,27,28,34)/t17-/m1/s1. The van der Waals surface area contributed by atoms with Gasteiger partial charge in [-0.3, -0.25) is 9.48 Å². The third-order valence-corrected chi connectivity index (χ3v) is 6.36. The van der Waals surface area contributed by atoms with Gasteiger partial charge in [0.2, 0.25) is 5.82 Å². The quantitative estimate of drug-likeness (QED) is 0.454. The molecule has 0 unspecified atom stereocenters. The van der Waals surface area contributed by atoms with Crippen LogP contribution in [0.25, 0.3) is 22.6 Å². The van der Waals surface area contributed by atoms with Crippen molar-refractivity contribution in [2.24, 2.45) is 0 Å². The summed E-state index contributed by atoms with van der Waals surface area (Å²) in [7, 11) is 0. The zero-order chi connectivity index (χ0) is 23.9. The van der Waals surface area contributed by atoms with Gasteiger partial charge in [0.1, 0.15) is 17.3 Å². The molecule has 2 fully saturated rings. The summed E-state index contributed by atoms with van der Waals surface area (Å²) in [6.07, 6.45) is 6.74. The Labute approximate surface area is 200 Å². The van der Waals surface area contributed by atoms with Crippen LogP contribution in [0.1, 0.15) is 47.3 Å². The number of pyridine rings is 1. The lowest BCUT2D eigenvalue weighted by atomic mass is 9.99. The second-order valence-electron chi connectivity index (χ2n) is 8.91. The predicted octanol–water partition coefficient (Wildman–Crippen LogP) is 3.59. The number of carbonyl (C=O) groups excluding carboxylic acids is 1. The molecule has 1 saturated heterocycles. The molecule has 4 aromatic rings. The summed E-state index contributed by atoms with van der Waals surface area (Å²) in [6.45, 7) is 3.00. The maximum atomic E-state index is 14.8. The lowest BCUT2D eigenvalue weighted by Gasteiger charge is -2.12. The van der Waals surface area contributed by atoms with Gasteiger partial charge in [-0.25, -0.2) is 14.1 Å². The van der Waals surface area contributed by atoms with Gasteiger partial charge in [0.25, 0.3) is 5.91 Å². The number of aromatic nitrogens is 7. The lowest BCUT2D eigenvalue weighted by Crippen LogP contribution is -2.16. The number of carbonyl (C=O) groups is 1. The van der Waals surface area contributed by atoms with Crippen molar-refractivity contribution in [3.63, 3.8) is 0 Å². The van der Waals surface area contributed by atoms with Crippen LogP contribution in [0, 0.1) is 12.7 Å². The number of ether oxygens (including phenoxy) is 1. The number of halogens is 1. The fourth-order valence-corrected chi connectivity index (χ4v) is 4.31. The van der Waals surface area contributed by atoms with E-state index in [1.807, 2.05) is 17.8 Å². The van der Waals surface area contributed by atoms with E-state index in [2.05, 4.69) is 30.9 Å². The second kappa shape index (κ2) is 8.66. The molecule has 1 amide bonds. The van der Waals surface area contributed by atoms with Gasteiger partial charge in [-0.15, -0.1) is 5.10 Å². The molecule has 11 heteroatoms. The Hall–Kier alpha value is -3.99. The van der Waals surface area contributed by atoms with Gasteiger partial charge in [-0.05, 0) is 72.0 Å². The highest BCUT2D eigenvalue weighted by Gasteiger charge is 2.26. The monoisotopic (exact) mass is 474 g/mol. The molecule has 178 valence electrons. The molecule has 3 aromatic heterocycles. The largest absolute Gasteiger partial charge is 0.379 e. The van der Waals surface area contributed by atoms with E-state index < -0.39 is 11.7 Å². The number of amides is 1. The molecule has 1 saturated carbocycles. The average Bonchev–Trinajstić information content (AvgIpc) is 3.25. The van der Waals surface area contributed by atoms with Gasteiger partial charge in [0.15, 0.2) is 0 Å². The molecule has 35 heavy (non-hydrogen) atoms. The van der Waals surface area contributed by atoms with Crippen molar-refractivity contribution < 1.29 is 13.9 Å². The van der Waals surface area contributed by atoms with Crippen molar-refractivity contribution in [1.82, 2.24) is 35.0 Å². The third-order valence-electron chi connectivity index (χ3n) is 6.36. The molecule has 6 rings (SSSR count). The molecule has 1 aromatic carbocycles. The number of hydrogen-bond donors (Lipinski definition) is 1. The van der Waals surface area contributed by atoms with Crippen molar-refractivity contribution in [3.05, 3.63) is 59.7 Å². The minimum absolute atomic E-state index is 0.0318. The zero-order valence-electron chi connectivity index (χ0n) is 19.1. The smallest absolute Gasteiger partial charge is 0.259 e. The molecule has 0 spiro atoms. The van der Waals surface area contributed by atoms with Crippen LogP contribution in [-0.4, -0.2) is 54.1 Å². The molecule has 1 aliphatic heterocycles. The Balaban J connectivity index is 1.26. The Kier molecular flexibility index (Phi) is 5.33. The molecule has 4 heterocycles. The zero-order valence-corrected chi connectivity index (χ0v) is 19.1. The molecule has 10 nitrogen and oxygen atoms in total. The molecule has 0 bridgehead atoms. The normalized spacial score (nSPS) is 17.6. The van der Waals surface area contributed by atoms with Gasteiger partial charge in [0, 0.05) is 18.4 Å². The number of benzene rings is 1. The van der Waals surface area contributed by atoms with E-state index >= 15 is 0 Å². The fourth-order valence-electron chi connectivity index (χ4n) is 4.31. The van der Waals surface area contributed by atoms with Crippen LogP contribution in [0.3, 0.4) is 0 Å². The van der Waals surface area contributed by atoms with Crippen molar-refractivity contribution in [3.8, 4) is 22.6 Å². The van der Waals surface area contributed by atoms with E-state index in [0.717, 1.165) is 36.0 Å². The minimum Gasteiger partial charge on any atom is -0.379 e. The summed E-state index contributed by atoms with van der Waals surface area (Å²) >= 11 is 0. The van der Waals surface area contributed by atoms with Gasteiger partial charge in [0.05, 0.1) is 30.5 Å². The molecular weight excluding hydrogens is 451 g/mol. The first kappa shape index (κ1) is 21.5. The summed E-state index contributed by atoms with van der Waals surface area (Å²) in [6, 6.07) is 8.55. The average molecular weight is 475 g/mol. The van der Waals surface area contributed by atoms with Crippen LogP contribution >= 0.6 is 0 Å². The number of rotatable bonds is 6. The number of nitrogens with zero attached hydrogens (tertiary/aromatic N) is 7. The van der Waals surface area contributed by atoms with Crippen molar-refractivity contribution >= 4 is 11.7 Å². The van der Waals surface area contributed by atoms with E-state index in [-0.39, 0.29) is 17.4 Å². The van der Waals surface area contributed by atoms with E-state index in [4.69, 9.17) is 4.74 Å². The molecule has 1 aliphatic carbocycles. The van der Waals surface area contributed by atoms with Crippen LogP contribution < -0.4 is 5.32 Å². The molecular formula is C24H23FN8O2. The van der Waals surface area contributed by atoms with Crippen LogP contribution in [0.15, 0.2) is 42.7 Å². The maximum Gasteiger partial charge on any atom is 0.259 e. The second-order valence-corrected chi connectivity index (χ2v) is 8.91. The van der Waals surface area contributed by atoms with Gasteiger partial charge in [-0.1, -0.05) is 6.07 Å². The first-order valence-corrected chi connectivity index (χ1v) is 11.6. The summed E-state index contributed by atoms with van der Waals surface area (Å²) in [5.74, 6) is -0.438. The first-order valence-electron chi connectivity index (χ1n) is 11.6. The molecule has 0 radical (unpaired) electrons. The summed E-state index contributed by atoms with van der Waals surface area (Å²) < 4.78 is 23.9. The van der Waals surface area contributed by atoms with Crippen molar-refractivity contribution in [2.75, 3.05) is 18.5 Å². The maximum absolute atomic E-state index is 14.8. The Morgan fingerprint density at radius 1 is 1.20 bits per heavy atom. The third kappa shape index (κ3) is 4.18. The molecule has 2 aliphatic rings. The van der Waals surface area contributed by atoms with E-state index in [0.29, 0.717) is 30.8 Å².